The Balaban J connectivity index is 1.57. The summed E-state index contributed by atoms with van der Waals surface area (Å²) < 4.78 is 2.16. The van der Waals surface area contributed by atoms with Crippen LogP contribution in [0.5, 0.6) is 0 Å². The molecule has 0 aliphatic carbocycles. The summed E-state index contributed by atoms with van der Waals surface area (Å²) in [5.41, 5.74) is 3.84. The molecule has 1 heterocycles. The molecular weight excluding hydrogens is 370 g/mol. The lowest BCUT2D eigenvalue weighted by Crippen LogP contribution is -2.42. The Morgan fingerprint density at radius 1 is 1.07 bits per heavy atom. The number of aliphatic imine (C=N–C) groups is 1. The summed E-state index contributed by atoms with van der Waals surface area (Å²) in [6.07, 6.45) is 5.99. The predicted molar refractivity (Wildman–Crippen MR) is 125 cm³/mol. The number of aromatic nitrogens is 2. The van der Waals surface area contributed by atoms with Gasteiger partial charge in [0.05, 0.1) is 6.54 Å². The van der Waals surface area contributed by atoms with Crippen molar-refractivity contribution in [1.29, 1.82) is 0 Å². The summed E-state index contributed by atoms with van der Waals surface area (Å²) in [7, 11) is 0. The van der Waals surface area contributed by atoms with Gasteiger partial charge in [-0.1, -0.05) is 54.6 Å². The number of nitrogens with one attached hydrogen (secondary N) is 2. The molecule has 30 heavy (non-hydrogen) atoms. The van der Waals surface area contributed by atoms with Gasteiger partial charge in [0.25, 0.3) is 0 Å². The predicted octanol–water partition coefficient (Wildman–Crippen LogP) is 4.32. The molecule has 0 spiro atoms. The van der Waals surface area contributed by atoms with Crippen molar-refractivity contribution >= 4 is 5.96 Å². The number of guanidine groups is 1. The molecule has 1 aromatic heterocycles. The van der Waals surface area contributed by atoms with Gasteiger partial charge in [0, 0.05) is 31.5 Å². The van der Waals surface area contributed by atoms with Crippen molar-refractivity contribution < 1.29 is 0 Å². The van der Waals surface area contributed by atoms with E-state index in [0.29, 0.717) is 12.6 Å². The first-order chi connectivity index (χ1) is 14.6. The number of hydrogen-bond acceptors (Lipinski definition) is 2. The third-order valence-corrected chi connectivity index (χ3v) is 5.12. The van der Waals surface area contributed by atoms with Crippen LogP contribution in [0, 0.1) is 6.92 Å². The maximum absolute atomic E-state index is 4.81. The maximum Gasteiger partial charge on any atom is 0.191 e. The fourth-order valence-electron chi connectivity index (χ4n) is 3.42. The van der Waals surface area contributed by atoms with Gasteiger partial charge in [-0.3, -0.25) is 0 Å². The van der Waals surface area contributed by atoms with E-state index in [-0.39, 0.29) is 0 Å². The van der Waals surface area contributed by atoms with Crippen molar-refractivity contribution in [3.63, 3.8) is 0 Å². The Labute approximate surface area is 180 Å². The molecular formula is C25H33N5. The summed E-state index contributed by atoms with van der Waals surface area (Å²) in [5.74, 6) is 1.90. The van der Waals surface area contributed by atoms with Gasteiger partial charge in [0.2, 0.25) is 0 Å². The molecule has 0 amide bonds. The highest BCUT2D eigenvalue weighted by Crippen LogP contribution is 2.10. The average Bonchev–Trinajstić information content (AvgIpc) is 3.16. The molecule has 0 aliphatic rings. The number of nitrogens with zero attached hydrogens (tertiary/aromatic N) is 3. The molecule has 3 aromatic rings. The van der Waals surface area contributed by atoms with Gasteiger partial charge in [-0.05, 0) is 50.3 Å². The third kappa shape index (κ3) is 6.76. The molecule has 0 bridgehead atoms. The minimum Gasteiger partial charge on any atom is -0.357 e. The Kier molecular flexibility index (Phi) is 8.07. The lowest BCUT2D eigenvalue weighted by molar-refractivity contribution is 0.593. The highest BCUT2D eigenvalue weighted by molar-refractivity contribution is 5.80. The van der Waals surface area contributed by atoms with Gasteiger partial charge in [0.15, 0.2) is 5.96 Å². The molecule has 1 atom stereocenters. The topological polar surface area (TPSA) is 54.2 Å². The molecule has 5 nitrogen and oxygen atoms in total. The van der Waals surface area contributed by atoms with E-state index in [1.54, 1.807) is 0 Å². The monoisotopic (exact) mass is 403 g/mol. The summed E-state index contributed by atoms with van der Waals surface area (Å²) in [6, 6.07) is 19.6. The van der Waals surface area contributed by atoms with Crippen LogP contribution in [0.15, 0.2) is 72.0 Å². The van der Waals surface area contributed by atoms with Crippen molar-refractivity contribution in [1.82, 2.24) is 20.2 Å². The molecule has 0 aliphatic heterocycles. The van der Waals surface area contributed by atoms with Crippen LogP contribution in [0.25, 0.3) is 0 Å². The van der Waals surface area contributed by atoms with E-state index in [2.05, 4.69) is 88.6 Å². The summed E-state index contributed by atoms with van der Waals surface area (Å²) >= 11 is 0. The standard InChI is InChI=1S/C25H33N5/c1-4-26-25(29-20(2)13-14-22-9-6-5-7-10-22)28-18-23-11-8-12-24(17-23)19-30-16-15-27-21(30)3/h5-12,15-17,20H,4,13-14,18-19H2,1-3H3,(H2,26,28,29). The van der Waals surface area contributed by atoms with Crippen molar-refractivity contribution in [2.24, 2.45) is 4.99 Å². The second kappa shape index (κ2) is 11.2. The molecule has 2 aromatic carbocycles. The number of benzene rings is 2. The second-order valence-electron chi connectivity index (χ2n) is 7.69. The van der Waals surface area contributed by atoms with E-state index in [1.807, 2.05) is 19.3 Å². The van der Waals surface area contributed by atoms with E-state index in [4.69, 9.17) is 4.99 Å². The van der Waals surface area contributed by atoms with Gasteiger partial charge < -0.3 is 15.2 Å². The third-order valence-electron chi connectivity index (χ3n) is 5.12. The Hall–Kier alpha value is -3.08. The van der Waals surface area contributed by atoms with Crippen LogP contribution < -0.4 is 10.6 Å². The highest BCUT2D eigenvalue weighted by Gasteiger charge is 2.06. The minimum absolute atomic E-state index is 0.346. The van der Waals surface area contributed by atoms with E-state index in [0.717, 1.165) is 37.7 Å². The van der Waals surface area contributed by atoms with Gasteiger partial charge in [0.1, 0.15) is 5.82 Å². The van der Waals surface area contributed by atoms with Crippen LogP contribution in [0.1, 0.15) is 42.8 Å². The van der Waals surface area contributed by atoms with E-state index in [9.17, 15) is 0 Å². The van der Waals surface area contributed by atoms with Crippen LogP contribution in [-0.2, 0) is 19.5 Å². The fraction of sp³-hybridized carbons (Fsp3) is 0.360. The van der Waals surface area contributed by atoms with Crippen LogP contribution in [0.3, 0.4) is 0 Å². The average molecular weight is 404 g/mol. The molecule has 3 rings (SSSR count). The number of imidazole rings is 1. The zero-order chi connectivity index (χ0) is 21.2. The van der Waals surface area contributed by atoms with E-state index >= 15 is 0 Å². The first-order valence-electron chi connectivity index (χ1n) is 10.8. The first kappa shape index (κ1) is 21.6. The van der Waals surface area contributed by atoms with E-state index < -0.39 is 0 Å². The Morgan fingerprint density at radius 2 is 1.83 bits per heavy atom. The van der Waals surface area contributed by atoms with Crippen LogP contribution >= 0.6 is 0 Å². The molecule has 0 fully saturated rings. The number of aryl methyl sites for hydroxylation is 2. The molecule has 0 saturated heterocycles. The molecule has 0 saturated carbocycles. The zero-order valence-electron chi connectivity index (χ0n) is 18.3. The SMILES string of the molecule is CCNC(=NCc1cccc(Cn2ccnc2C)c1)NC(C)CCc1ccccc1. The van der Waals surface area contributed by atoms with Gasteiger partial charge in [-0.2, -0.15) is 0 Å². The first-order valence-corrected chi connectivity index (χ1v) is 10.8. The van der Waals surface area contributed by atoms with Crippen molar-refractivity contribution in [3.05, 3.63) is 89.5 Å². The van der Waals surface area contributed by atoms with Crippen molar-refractivity contribution in [3.8, 4) is 0 Å². The van der Waals surface area contributed by atoms with Crippen LogP contribution in [0.4, 0.5) is 0 Å². The number of rotatable bonds is 9. The Morgan fingerprint density at radius 3 is 2.57 bits per heavy atom. The number of hydrogen-bond donors (Lipinski definition) is 2. The largest absolute Gasteiger partial charge is 0.357 e. The smallest absolute Gasteiger partial charge is 0.191 e. The molecule has 1 unspecified atom stereocenters. The van der Waals surface area contributed by atoms with Crippen molar-refractivity contribution in [2.45, 2.75) is 52.7 Å². The normalized spacial score (nSPS) is 12.6. The summed E-state index contributed by atoms with van der Waals surface area (Å²) in [6.45, 7) is 8.66. The fourth-order valence-corrected chi connectivity index (χ4v) is 3.42. The lowest BCUT2D eigenvalue weighted by Gasteiger charge is -2.18. The maximum atomic E-state index is 4.81. The van der Waals surface area contributed by atoms with Gasteiger partial charge in [-0.25, -0.2) is 9.98 Å². The van der Waals surface area contributed by atoms with Gasteiger partial charge >= 0.3 is 0 Å². The highest BCUT2D eigenvalue weighted by atomic mass is 15.2. The Bertz CT molecular complexity index is 929. The molecule has 2 N–H and O–H groups in total. The van der Waals surface area contributed by atoms with Gasteiger partial charge in [-0.15, -0.1) is 0 Å². The van der Waals surface area contributed by atoms with E-state index in [1.165, 1.54) is 16.7 Å². The summed E-state index contributed by atoms with van der Waals surface area (Å²) in [5, 5.41) is 6.91. The molecule has 5 heteroatoms. The molecule has 158 valence electrons. The lowest BCUT2D eigenvalue weighted by atomic mass is 10.1. The van der Waals surface area contributed by atoms with Crippen LogP contribution in [-0.4, -0.2) is 28.1 Å². The second-order valence-corrected chi connectivity index (χ2v) is 7.69. The van der Waals surface area contributed by atoms with Crippen molar-refractivity contribution in [2.75, 3.05) is 6.54 Å². The van der Waals surface area contributed by atoms with Crippen LogP contribution in [0.2, 0.25) is 0 Å². The summed E-state index contributed by atoms with van der Waals surface area (Å²) in [4.78, 5) is 9.11. The minimum atomic E-state index is 0.346. The quantitative estimate of drug-likeness (QED) is 0.413. The molecule has 0 radical (unpaired) electrons. The zero-order valence-corrected chi connectivity index (χ0v) is 18.3.